The van der Waals surface area contributed by atoms with Gasteiger partial charge in [0, 0.05) is 7.11 Å². The molecule has 0 radical (unpaired) electrons. The van der Waals surface area contributed by atoms with E-state index in [1.165, 1.54) is 14.0 Å². The molecule has 0 aliphatic heterocycles. The van der Waals surface area contributed by atoms with Gasteiger partial charge in [0.2, 0.25) is 11.7 Å². The highest BCUT2D eigenvalue weighted by molar-refractivity contribution is 5.87. The van der Waals surface area contributed by atoms with Crippen LogP contribution in [-0.4, -0.2) is 37.9 Å². The van der Waals surface area contributed by atoms with Crippen LogP contribution in [0.15, 0.2) is 4.42 Å². The highest BCUT2D eigenvalue weighted by Crippen LogP contribution is 2.32. The predicted octanol–water partition coefficient (Wildman–Crippen LogP) is 2.03. The number of oxazole rings is 1. The first-order valence-corrected chi connectivity index (χ1v) is 5.70. The molecule has 9 heteroatoms. The standard InChI is InChI=1S/C11H14F3NO5/c1-3-19-10(16)8-9(11(12,13)14)15-7(20-8)6-18-5-4-17-2/h3-6H2,1-2H3. The van der Waals surface area contributed by atoms with Gasteiger partial charge >= 0.3 is 12.1 Å². The molecule has 0 aliphatic rings. The summed E-state index contributed by atoms with van der Waals surface area (Å²) in [6.45, 7) is 1.53. The van der Waals surface area contributed by atoms with Crippen LogP contribution >= 0.6 is 0 Å². The Labute approximate surface area is 112 Å². The van der Waals surface area contributed by atoms with Gasteiger partial charge in [0.25, 0.3) is 0 Å². The van der Waals surface area contributed by atoms with Crippen molar-refractivity contribution in [2.24, 2.45) is 0 Å². The summed E-state index contributed by atoms with van der Waals surface area (Å²) >= 11 is 0. The fourth-order valence-electron chi connectivity index (χ4n) is 1.26. The number of halogens is 3. The molecule has 0 spiro atoms. The number of hydrogen-bond donors (Lipinski definition) is 0. The number of nitrogens with zero attached hydrogens (tertiary/aromatic N) is 1. The molecule has 0 atom stereocenters. The largest absolute Gasteiger partial charge is 0.460 e. The molecule has 1 rings (SSSR count). The third kappa shape index (κ3) is 4.49. The first kappa shape index (κ1) is 16.4. The highest BCUT2D eigenvalue weighted by Gasteiger charge is 2.41. The second kappa shape index (κ2) is 7.25. The lowest BCUT2D eigenvalue weighted by molar-refractivity contribution is -0.141. The fourth-order valence-corrected chi connectivity index (χ4v) is 1.26. The average molecular weight is 297 g/mol. The zero-order chi connectivity index (χ0) is 15.2. The van der Waals surface area contributed by atoms with E-state index in [4.69, 9.17) is 13.9 Å². The maximum absolute atomic E-state index is 12.7. The molecule has 6 nitrogen and oxygen atoms in total. The van der Waals surface area contributed by atoms with Gasteiger partial charge in [0.05, 0.1) is 19.8 Å². The van der Waals surface area contributed by atoms with E-state index in [0.29, 0.717) is 0 Å². The van der Waals surface area contributed by atoms with E-state index in [1.807, 2.05) is 0 Å². The predicted molar refractivity (Wildman–Crippen MR) is 59.0 cm³/mol. The van der Waals surface area contributed by atoms with Crippen molar-refractivity contribution in [2.45, 2.75) is 19.7 Å². The van der Waals surface area contributed by atoms with E-state index in [2.05, 4.69) is 9.72 Å². The number of aromatic nitrogens is 1. The molecule has 0 saturated carbocycles. The van der Waals surface area contributed by atoms with Crippen LogP contribution in [0.4, 0.5) is 13.2 Å². The smallest absolute Gasteiger partial charge is 0.437 e. The molecule has 0 aliphatic carbocycles. The average Bonchev–Trinajstić information content (AvgIpc) is 2.79. The van der Waals surface area contributed by atoms with E-state index in [1.54, 1.807) is 0 Å². The van der Waals surface area contributed by atoms with Crippen molar-refractivity contribution in [2.75, 3.05) is 26.9 Å². The second-order valence-electron chi connectivity index (χ2n) is 3.55. The molecule has 1 aromatic rings. The van der Waals surface area contributed by atoms with E-state index in [-0.39, 0.29) is 32.3 Å². The summed E-state index contributed by atoms with van der Waals surface area (Å²) in [6, 6.07) is 0. The molecule has 0 aromatic carbocycles. The Morgan fingerprint density at radius 3 is 2.60 bits per heavy atom. The van der Waals surface area contributed by atoms with Gasteiger partial charge in [0.1, 0.15) is 6.61 Å². The lowest BCUT2D eigenvalue weighted by Crippen LogP contribution is -2.14. The summed E-state index contributed by atoms with van der Waals surface area (Å²) in [5.41, 5.74) is -1.42. The van der Waals surface area contributed by atoms with Crippen LogP contribution in [0.5, 0.6) is 0 Å². The normalized spacial score (nSPS) is 11.7. The van der Waals surface area contributed by atoms with Crippen LogP contribution in [0.25, 0.3) is 0 Å². The van der Waals surface area contributed by atoms with Gasteiger partial charge < -0.3 is 18.6 Å². The molecule has 0 N–H and O–H groups in total. The Kier molecular flexibility index (Phi) is 5.96. The molecule has 0 amide bonds. The minimum atomic E-state index is -4.81. The second-order valence-corrected chi connectivity index (χ2v) is 3.55. The molecule has 20 heavy (non-hydrogen) atoms. The van der Waals surface area contributed by atoms with Crippen molar-refractivity contribution >= 4 is 5.97 Å². The van der Waals surface area contributed by atoms with Crippen molar-refractivity contribution in [1.29, 1.82) is 0 Å². The van der Waals surface area contributed by atoms with Crippen molar-refractivity contribution in [3.05, 3.63) is 17.3 Å². The van der Waals surface area contributed by atoms with Crippen LogP contribution in [0.2, 0.25) is 0 Å². The topological polar surface area (TPSA) is 70.8 Å². The number of ether oxygens (including phenoxy) is 3. The van der Waals surface area contributed by atoms with Gasteiger partial charge in [-0.1, -0.05) is 0 Å². The number of carbonyl (C=O) groups is 1. The lowest BCUT2D eigenvalue weighted by atomic mass is 10.3. The maximum atomic E-state index is 12.7. The molecular weight excluding hydrogens is 283 g/mol. The van der Waals surface area contributed by atoms with Crippen molar-refractivity contribution in [1.82, 2.24) is 4.98 Å². The molecule has 114 valence electrons. The first-order valence-electron chi connectivity index (χ1n) is 5.70. The zero-order valence-electron chi connectivity index (χ0n) is 11.0. The molecular formula is C11H14F3NO5. The number of hydrogen-bond acceptors (Lipinski definition) is 6. The molecule has 0 fully saturated rings. The Hall–Kier alpha value is -1.61. The zero-order valence-corrected chi connectivity index (χ0v) is 11.0. The number of esters is 1. The van der Waals surface area contributed by atoms with Crippen LogP contribution in [0, 0.1) is 0 Å². The van der Waals surface area contributed by atoms with Crippen molar-refractivity contribution < 1.29 is 36.6 Å². The van der Waals surface area contributed by atoms with Gasteiger partial charge in [-0.2, -0.15) is 13.2 Å². The third-order valence-corrected chi connectivity index (χ3v) is 2.06. The van der Waals surface area contributed by atoms with Crippen LogP contribution in [0.1, 0.15) is 29.1 Å². The van der Waals surface area contributed by atoms with Gasteiger partial charge in [0.15, 0.2) is 5.69 Å². The van der Waals surface area contributed by atoms with Gasteiger partial charge in [-0.05, 0) is 6.92 Å². The summed E-state index contributed by atoms with van der Waals surface area (Å²) in [6.07, 6.45) is -4.81. The quantitative estimate of drug-likeness (QED) is 0.566. The number of methoxy groups -OCH3 is 1. The fraction of sp³-hybridized carbons (Fsp3) is 0.636. The van der Waals surface area contributed by atoms with E-state index >= 15 is 0 Å². The Morgan fingerprint density at radius 2 is 2.05 bits per heavy atom. The van der Waals surface area contributed by atoms with Crippen LogP contribution < -0.4 is 0 Å². The van der Waals surface area contributed by atoms with Crippen molar-refractivity contribution in [3.63, 3.8) is 0 Å². The van der Waals surface area contributed by atoms with Crippen LogP contribution in [-0.2, 0) is 27.0 Å². The molecule has 0 unspecified atom stereocenters. The molecule has 1 heterocycles. The summed E-state index contributed by atoms with van der Waals surface area (Å²) < 4.78 is 57.1. The van der Waals surface area contributed by atoms with Gasteiger partial charge in [-0.3, -0.25) is 0 Å². The van der Waals surface area contributed by atoms with E-state index in [0.717, 1.165) is 0 Å². The maximum Gasteiger partial charge on any atom is 0.437 e. The molecule has 1 aromatic heterocycles. The highest BCUT2D eigenvalue weighted by atomic mass is 19.4. The van der Waals surface area contributed by atoms with Gasteiger partial charge in [-0.15, -0.1) is 0 Å². The lowest BCUT2D eigenvalue weighted by Gasteiger charge is -2.03. The number of rotatable bonds is 7. The minimum absolute atomic E-state index is 0.0729. The van der Waals surface area contributed by atoms with E-state index in [9.17, 15) is 18.0 Å². The SMILES string of the molecule is CCOC(=O)c1oc(COCCOC)nc1C(F)(F)F. The van der Waals surface area contributed by atoms with Crippen molar-refractivity contribution in [3.8, 4) is 0 Å². The number of carbonyl (C=O) groups excluding carboxylic acids is 1. The monoisotopic (exact) mass is 297 g/mol. The summed E-state index contributed by atoms with van der Waals surface area (Å²) in [5.74, 6) is -2.53. The molecule has 0 saturated heterocycles. The van der Waals surface area contributed by atoms with Gasteiger partial charge in [-0.25, -0.2) is 9.78 Å². The summed E-state index contributed by atoms with van der Waals surface area (Å²) in [5, 5.41) is 0. The molecule has 0 bridgehead atoms. The summed E-state index contributed by atoms with van der Waals surface area (Å²) in [7, 11) is 1.45. The third-order valence-electron chi connectivity index (χ3n) is 2.06. The minimum Gasteiger partial charge on any atom is -0.460 e. The Balaban J connectivity index is 2.86. The summed E-state index contributed by atoms with van der Waals surface area (Å²) in [4.78, 5) is 14.6. The first-order chi connectivity index (χ1) is 9.40. The Bertz CT molecular complexity index is 444. The number of alkyl halides is 3. The van der Waals surface area contributed by atoms with E-state index < -0.39 is 23.6 Å². The van der Waals surface area contributed by atoms with Crippen LogP contribution in [0.3, 0.4) is 0 Å². The Morgan fingerprint density at radius 1 is 1.35 bits per heavy atom.